The van der Waals surface area contributed by atoms with Crippen molar-refractivity contribution in [1.29, 1.82) is 0 Å². The summed E-state index contributed by atoms with van der Waals surface area (Å²) in [5.74, 6) is -1.16. The van der Waals surface area contributed by atoms with Crippen LogP contribution in [0.2, 0.25) is 0 Å². The van der Waals surface area contributed by atoms with Crippen molar-refractivity contribution in [3.8, 4) is 0 Å². The third-order valence-corrected chi connectivity index (χ3v) is 20.4. The maximum absolute atomic E-state index is 13.9. The molecule has 0 aromatic heterocycles. The number of anilines is 1. The van der Waals surface area contributed by atoms with Gasteiger partial charge in [0.25, 0.3) is 5.69 Å². The molecule has 24 nitrogen and oxygen atoms in total. The number of amides is 4. The molecule has 2 radical (unpaired) electrons. The van der Waals surface area contributed by atoms with Crippen LogP contribution in [-0.4, -0.2) is 189 Å². The van der Waals surface area contributed by atoms with Gasteiger partial charge in [0.05, 0.1) is 41.0 Å². The van der Waals surface area contributed by atoms with Crippen molar-refractivity contribution in [2.75, 3.05) is 85.4 Å². The van der Waals surface area contributed by atoms with Crippen molar-refractivity contribution in [2.45, 2.75) is 98.4 Å². The molecule has 2 heterocycles. The molecule has 97 heavy (non-hydrogen) atoms. The number of nitro groups is 1. The second kappa shape index (κ2) is 40.2. The van der Waals surface area contributed by atoms with Gasteiger partial charge in [-0.2, -0.15) is 8.61 Å². The van der Waals surface area contributed by atoms with Crippen LogP contribution in [-0.2, 0) is 39.1 Å². The van der Waals surface area contributed by atoms with Gasteiger partial charge in [-0.05, 0) is 83.3 Å². The average Bonchev–Trinajstić information content (AvgIpc) is 1.79. The fourth-order valence-electron chi connectivity index (χ4n) is 11.6. The van der Waals surface area contributed by atoms with Crippen LogP contribution in [0, 0.1) is 22.0 Å². The van der Waals surface area contributed by atoms with E-state index in [1.165, 1.54) is 42.8 Å². The number of halogens is 2. The number of nitrogens with two attached hydrogens (primary N) is 1. The summed E-state index contributed by atoms with van der Waals surface area (Å²) in [5, 5.41) is 36.0. The van der Waals surface area contributed by atoms with Gasteiger partial charge in [0.2, 0.25) is 31.9 Å². The number of alkyl carbamates (subject to hydrolysis) is 2. The van der Waals surface area contributed by atoms with E-state index in [0.29, 0.717) is 70.3 Å². The molecule has 6 aromatic rings. The zero-order valence-corrected chi connectivity index (χ0v) is 61.3. The predicted octanol–water partition coefficient (Wildman–Crippen LogP) is 7.14. The summed E-state index contributed by atoms with van der Waals surface area (Å²) in [6.07, 6.45) is -0.101. The quantitative estimate of drug-likeness (QED) is 0.00686. The monoisotopic (exact) mass is 1520 g/mol. The number of carbonyl (C=O) groups excluding carboxylic acids is 4. The van der Waals surface area contributed by atoms with Gasteiger partial charge in [-0.1, -0.05) is 149 Å². The Morgan fingerprint density at radius 3 is 1.16 bits per heavy atom. The van der Waals surface area contributed by atoms with E-state index in [-0.39, 0.29) is 65.1 Å². The van der Waals surface area contributed by atoms with Crippen LogP contribution in [0.3, 0.4) is 0 Å². The van der Waals surface area contributed by atoms with E-state index in [9.17, 15) is 46.1 Å². The molecule has 2 aliphatic heterocycles. The zero-order chi connectivity index (χ0) is 70.5. The fraction of sp³-hybridized carbons (Fsp3) is 0.412. The van der Waals surface area contributed by atoms with Crippen LogP contribution in [0.25, 0.3) is 0 Å². The molecule has 8 rings (SSSR count). The molecule has 10 N–H and O–H groups in total. The molecule has 2 saturated heterocycles. The summed E-state index contributed by atoms with van der Waals surface area (Å²) >= 11 is -0.826. The van der Waals surface area contributed by atoms with E-state index < -0.39 is 91.9 Å². The Labute approximate surface area is 587 Å². The van der Waals surface area contributed by atoms with E-state index >= 15 is 0 Å². The second-order valence-corrected chi connectivity index (χ2v) is 32.0. The summed E-state index contributed by atoms with van der Waals surface area (Å²) in [5.41, 5.74) is 9.55. The van der Waals surface area contributed by atoms with Crippen molar-refractivity contribution >= 4 is 92.2 Å². The molecule has 524 valence electrons. The van der Waals surface area contributed by atoms with E-state index in [4.69, 9.17) is 33.0 Å². The minimum atomic E-state index is -3.98. The Bertz CT molecular complexity index is 3550. The van der Waals surface area contributed by atoms with Crippen LogP contribution in [0.4, 0.5) is 21.0 Å². The number of sulfonamides is 2. The van der Waals surface area contributed by atoms with Gasteiger partial charge in [-0.3, -0.25) is 19.7 Å². The summed E-state index contributed by atoms with van der Waals surface area (Å²) in [6.45, 7) is 12.0. The summed E-state index contributed by atoms with van der Waals surface area (Å²) in [7, 11) is 4.61. The van der Waals surface area contributed by atoms with E-state index in [1.54, 1.807) is 28.6 Å². The fourth-order valence-corrected chi connectivity index (χ4v) is 14.9. The molecule has 0 unspecified atom stereocenters. The van der Waals surface area contributed by atoms with Crippen molar-refractivity contribution in [1.82, 2.24) is 51.1 Å². The Balaban J connectivity index is 0.000000295. The van der Waals surface area contributed by atoms with Gasteiger partial charge >= 0.3 is 48.9 Å². The number of rotatable bonds is 31. The van der Waals surface area contributed by atoms with Crippen LogP contribution < -0.4 is 48.3 Å². The van der Waals surface area contributed by atoms with Crippen LogP contribution in [0.15, 0.2) is 180 Å². The number of hydrogen-bond donors (Lipinski definition) is 9. The zero-order valence-electron chi connectivity index (χ0n) is 55.3. The molecule has 29 heteroatoms. The third kappa shape index (κ3) is 23.6. The number of nitro benzene ring substituents is 1. The topological polar surface area (TPSA) is 327 Å². The van der Waals surface area contributed by atoms with Crippen molar-refractivity contribution < 1.29 is 50.4 Å². The number of hydrogen-bond acceptors (Lipinski definition) is 17. The molecule has 0 spiro atoms. The van der Waals surface area contributed by atoms with E-state index in [0.717, 1.165) is 22.3 Å². The summed E-state index contributed by atoms with van der Waals surface area (Å²) < 4.78 is 68.2. The first-order chi connectivity index (χ1) is 46.5. The first-order valence-electron chi connectivity index (χ1n) is 32.0. The molecule has 4 amide bonds. The number of nitrogen functional groups attached to an aromatic ring is 1. The molecular formula is C68H90Cl2N12O12S2Sn. The van der Waals surface area contributed by atoms with Gasteiger partial charge < -0.3 is 57.7 Å². The number of benzene rings is 6. The number of nitrogens with one attached hydrogen (secondary N) is 8. The molecule has 6 aromatic carbocycles. The SMILES string of the molecule is COC(=O)N[C@H](C(=O)NCCN[C@@H]1CNC[C@H]1N(CCC(C)C)S(=O)(=O)c1ccc(N)cc1)C(c1ccccc1)c1ccccc1.COC(=O)N[C@H](C(=O)NCCN[C@@H]1CNC[C@H]1N(CCC(C)C)S(=O)(=O)c1ccc([N+](=O)[O-])cc1)C(c1ccccc1)c1ccccc1.[Cl][Sn][Cl]. The van der Waals surface area contributed by atoms with E-state index in [2.05, 4.69) is 56.4 Å². The molecular weight excluding hydrogens is 1430 g/mol. The summed E-state index contributed by atoms with van der Waals surface area (Å²) in [4.78, 5) is 63.0. The number of carbonyl (C=O) groups is 4. The number of non-ortho nitro benzene ring substituents is 1. The molecule has 6 atom stereocenters. The molecule has 0 bridgehead atoms. The Hall–Kier alpha value is -6.96. The minimum absolute atomic E-state index is 0.00898. The summed E-state index contributed by atoms with van der Waals surface area (Å²) in [6, 6.07) is 46.0. The molecule has 2 aliphatic rings. The standard InChI is InChI=1S/C34H44N6O7S.C34H46N6O5S.2ClH.Sn/c1-24(2)18-21-39(48(45,46)28-16-14-27(15-17-28)40(43)44)30-23-35-22-29(30)36-19-20-37-33(41)32(38-34(42)47-3)31(25-10-6-4-7-11-25)26-12-8-5-9-13-26;1-24(2)18-21-40(46(43,44)28-16-14-27(35)15-17-28)30-23-36-22-29(30)37-19-20-38-33(41)32(39-34(42)45-3)31(25-10-6-4-7-11-25)26-12-8-5-9-13-26;;;/h4-17,24,29-32,35-36H,18-23H2,1-3H3,(H,37,41)(H,38,42);4-17,24,29-32,36-37H,18-23,35H2,1-3H3,(H,38,41)(H,39,42);2*1H;/q;;;;+2/p-2/t2*29-,30-,32+;;;/m11.../s1. The molecule has 2 fully saturated rings. The Kier molecular flexibility index (Phi) is 32.7. The molecule has 0 saturated carbocycles. The second-order valence-electron chi connectivity index (χ2n) is 24.0. The van der Waals surface area contributed by atoms with Crippen LogP contribution in [0.1, 0.15) is 74.6 Å². The number of nitrogens with zero attached hydrogens (tertiary/aromatic N) is 3. The van der Waals surface area contributed by atoms with Crippen LogP contribution in [0.5, 0.6) is 0 Å². The van der Waals surface area contributed by atoms with Gasteiger partial charge in [0.1, 0.15) is 12.1 Å². The first-order valence-corrected chi connectivity index (χ1v) is 42.1. The Morgan fingerprint density at radius 2 is 0.866 bits per heavy atom. The normalized spacial score (nSPS) is 16.8. The van der Waals surface area contributed by atoms with Gasteiger partial charge in [0.15, 0.2) is 0 Å². The van der Waals surface area contributed by atoms with E-state index in [1.807, 2.05) is 135 Å². The Morgan fingerprint density at radius 1 is 0.546 bits per heavy atom. The maximum atomic E-state index is 13.9. The first kappa shape index (κ1) is 79.0. The average molecular weight is 1520 g/mol. The number of ether oxygens (including phenoxy) is 2. The van der Waals surface area contributed by atoms with Gasteiger partial charge in [-0.25, -0.2) is 26.4 Å². The van der Waals surface area contributed by atoms with Gasteiger partial charge in [0, 0.05) is 107 Å². The van der Waals surface area contributed by atoms with Crippen molar-refractivity contribution in [3.05, 3.63) is 202 Å². The van der Waals surface area contributed by atoms with Crippen LogP contribution >= 0.6 is 17.8 Å². The molecule has 0 aliphatic carbocycles. The predicted molar refractivity (Wildman–Crippen MR) is 379 cm³/mol. The third-order valence-electron chi connectivity index (χ3n) is 16.5. The van der Waals surface area contributed by atoms with Crippen molar-refractivity contribution in [2.24, 2.45) is 11.8 Å². The van der Waals surface area contributed by atoms with Crippen molar-refractivity contribution in [3.63, 3.8) is 0 Å². The number of methoxy groups -OCH3 is 2. The van der Waals surface area contributed by atoms with Gasteiger partial charge in [-0.15, -0.1) is 0 Å².